The zero-order valence-electron chi connectivity index (χ0n) is 11.8. The Labute approximate surface area is 128 Å². The zero-order valence-corrected chi connectivity index (χ0v) is 12.6. The minimum atomic E-state index is -0.173. The molecule has 0 atom stereocenters. The Morgan fingerprint density at radius 3 is 2.90 bits per heavy atom. The minimum Gasteiger partial charge on any atom is -0.494 e. The van der Waals surface area contributed by atoms with Gasteiger partial charge in [0.15, 0.2) is 0 Å². The first kappa shape index (κ1) is 15.1. The number of rotatable bonds is 4. The number of methoxy groups -OCH3 is 1. The van der Waals surface area contributed by atoms with Crippen molar-refractivity contribution in [2.45, 2.75) is 6.54 Å². The minimum absolute atomic E-state index is 0.173. The van der Waals surface area contributed by atoms with Crippen LogP contribution in [0.2, 0.25) is 5.02 Å². The van der Waals surface area contributed by atoms with E-state index in [0.29, 0.717) is 28.6 Å². The van der Waals surface area contributed by atoms with Gasteiger partial charge in [-0.05, 0) is 29.8 Å². The van der Waals surface area contributed by atoms with E-state index in [1.807, 2.05) is 0 Å². The van der Waals surface area contributed by atoms with Gasteiger partial charge in [0.05, 0.1) is 18.9 Å². The van der Waals surface area contributed by atoms with Crippen LogP contribution >= 0.6 is 11.6 Å². The number of halogens is 1. The summed E-state index contributed by atoms with van der Waals surface area (Å²) in [5.41, 5.74) is 7.60. The molecule has 2 N–H and O–H groups in total. The summed E-state index contributed by atoms with van der Waals surface area (Å²) in [6, 6.07) is 6.83. The average molecular weight is 306 g/mol. The molecule has 1 amide bonds. The van der Waals surface area contributed by atoms with Gasteiger partial charge in [0.1, 0.15) is 5.75 Å². The van der Waals surface area contributed by atoms with Crippen LogP contribution in [0, 0.1) is 0 Å². The second kappa shape index (κ2) is 6.45. The highest BCUT2D eigenvalue weighted by atomic mass is 35.5. The number of carbonyl (C=O) groups excluding carboxylic acids is 1. The molecule has 1 aromatic carbocycles. The number of aromatic nitrogens is 1. The van der Waals surface area contributed by atoms with Gasteiger partial charge in [0, 0.05) is 30.5 Å². The number of nitrogen functional groups attached to an aromatic ring is 1. The average Bonchev–Trinajstić information content (AvgIpc) is 2.50. The van der Waals surface area contributed by atoms with Crippen LogP contribution in [0.15, 0.2) is 36.7 Å². The van der Waals surface area contributed by atoms with Crippen molar-refractivity contribution >= 4 is 23.2 Å². The molecule has 0 aliphatic carbocycles. The maximum absolute atomic E-state index is 12.5. The molecule has 0 bridgehead atoms. The number of pyridine rings is 1. The lowest BCUT2D eigenvalue weighted by Crippen LogP contribution is -2.26. The van der Waals surface area contributed by atoms with Crippen LogP contribution in [0.5, 0.6) is 5.75 Å². The number of anilines is 1. The van der Waals surface area contributed by atoms with E-state index in [1.54, 1.807) is 42.4 Å². The zero-order chi connectivity index (χ0) is 15.4. The van der Waals surface area contributed by atoms with Gasteiger partial charge in [-0.15, -0.1) is 0 Å². The summed E-state index contributed by atoms with van der Waals surface area (Å²) in [6.45, 7) is 0.355. The summed E-state index contributed by atoms with van der Waals surface area (Å²) in [5.74, 6) is 0.265. The van der Waals surface area contributed by atoms with Crippen molar-refractivity contribution in [3.8, 4) is 5.75 Å². The van der Waals surface area contributed by atoms with Crippen LogP contribution < -0.4 is 10.5 Å². The Balaban J connectivity index is 2.21. The van der Waals surface area contributed by atoms with E-state index in [4.69, 9.17) is 22.1 Å². The van der Waals surface area contributed by atoms with Crippen molar-refractivity contribution in [1.82, 2.24) is 9.88 Å². The Kier molecular flexibility index (Phi) is 4.65. The number of nitrogens with zero attached hydrogens (tertiary/aromatic N) is 2. The molecule has 0 saturated carbocycles. The van der Waals surface area contributed by atoms with E-state index in [-0.39, 0.29) is 5.91 Å². The van der Waals surface area contributed by atoms with Crippen molar-refractivity contribution in [3.05, 3.63) is 52.8 Å². The maximum Gasteiger partial charge on any atom is 0.257 e. The van der Waals surface area contributed by atoms with Gasteiger partial charge < -0.3 is 15.4 Å². The molecule has 110 valence electrons. The third-order valence-corrected chi connectivity index (χ3v) is 3.43. The summed E-state index contributed by atoms with van der Waals surface area (Å²) >= 11 is 6.12. The number of amides is 1. The molecule has 2 aromatic rings. The molecule has 0 radical (unpaired) electrons. The number of benzene rings is 1. The fraction of sp³-hybridized carbons (Fsp3) is 0.200. The Bertz CT molecular complexity index is 661. The van der Waals surface area contributed by atoms with E-state index in [1.165, 1.54) is 13.3 Å². The monoisotopic (exact) mass is 305 g/mol. The van der Waals surface area contributed by atoms with E-state index < -0.39 is 0 Å². The third-order valence-electron chi connectivity index (χ3n) is 3.06. The molecule has 0 aliphatic rings. The van der Waals surface area contributed by atoms with E-state index in [9.17, 15) is 4.79 Å². The predicted octanol–water partition coefficient (Wildman–Crippen LogP) is 2.60. The van der Waals surface area contributed by atoms with E-state index in [2.05, 4.69) is 4.98 Å². The molecule has 6 heteroatoms. The number of hydrogen-bond donors (Lipinski definition) is 1. The topological polar surface area (TPSA) is 68.5 Å². The smallest absolute Gasteiger partial charge is 0.257 e. The molecule has 0 aliphatic heterocycles. The second-order valence-corrected chi connectivity index (χ2v) is 5.00. The first-order valence-corrected chi connectivity index (χ1v) is 6.68. The molecule has 2 rings (SSSR count). The van der Waals surface area contributed by atoms with Crippen molar-refractivity contribution in [2.75, 3.05) is 19.9 Å². The van der Waals surface area contributed by atoms with Crippen LogP contribution in [-0.2, 0) is 6.54 Å². The quantitative estimate of drug-likeness (QED) is 0.882. The molecular weight excluding hydrogens is 290 g/mol. The molecule has 0 spiro atoms. The summed E-state index contributed by atoms with van der Waals surface area (Å²) in [7, 11) is 3.20. The van der Waals surface area contributed by atoms with Crippen LogP contribution in [0.25, 0.3) is 0 Å². The number of carbonyl (C=O) groups is 1. The van der Waals surface area contributed by atoms with Crippen molar-refractivity contribution < 1.29 is 9.53 Å². The highest BCUT2D eigenvalue weighted by Crippen LogP contribution is 2.22. The first-order chi connectivity index (χ1) is 10.0. The van der Waals surface area contributed by atoms with Crippen LogP contribution in [0.4, 0.5) is 5.69 Å². The third kappa shape index (κ3) is 3.44. The second-order valence-electron chi connectivity index (χ2n) is 4.59. The normalized spacial score (nSPS) is 10.2. The SMILES string of the molecule is COc1cnccc1C(=O)N(C)Cc1cc(N)ccc1Cl. The van der Waals surface area contributed by atoms with Gasteiger partial charge in [-0.25, -0.2) is 0 Å². The molecular formula is C15H16ClN3O2. The lowest BCUT2D eigenvalue weighted by molar-refractivity contribution is 0.0781. The molecule has 0 unspecified atom stereocenters. The Hall–Kier alpha value is -2.27. The lowest BCUT2D eigenvalue weighted by atomic mass is 10.1. The van der Waals surface area contributed by atoms with E-state index in [0.717, 1.165) is 5.56 Å². The van der Waals surface area contributed by atoms with Crippen molar-refractivity contribution in [3.63, 3.8) is 0 Å². The summed E-state index contributed by atoms with van der Waals surface area (Å²) < 4.78 is 5.15. The maximum atomic E-state index is 12.5. The Morgan fingerprint density at radius 1 is 1.43 bits per heavy atom. The first-order valence-electron chi connectivity index (χ1n) is 6.30. The summed E-state index contributed by atoms with van der Waals surface area (Å²) in [6.07, 6.45) is 3.06. The molecule has 1 aromatic heterocycles. The molecule has 0 saturated heterocycles. The molecule has 1 heterocycles. The van der Waals surface area contributed by atoms with Gasteiger partial charge >= 0.3 is 0 Å². The lowest BCUT2D eigenvalue weighted by Gasteiger charge is -2.19. The standard InChI is InChI=1S/C15H16ClN3O2/c1-19(9-10-7-11(17)3-4-13(10)16)15(20)12-5-6-18-8-14(12)21-2/h3-8H,9,17H2,1-2H3. The molecule has 5 nitrogen and oxygen atoms in total. The molecule has 21 heavy (non-hydrogen) atoms. The highest BCUT2D eigenvalue weighted by molar-refractivity contribution is 6.31. The van der Waals surface area contributed by atoms with Crippen LogP contribution in [-0.4, -0.2) is 29.9 Å². The summed E-state index contributed by atoms with van der Waals surface area (Å²) in [5, 5.41) is 0.575. The van der Waals surface area contributed by atoms with Gasteiger partial charge in [-0.2, -0.15) is 0 Å². The number of nitrogens with two attached hydrogens (primary N) is 1. The predicted molar refractivity (Wildman–Crippen MR) is 82.5 cm³/mol. The van der Waals surface area contributed by atoms with Gasteiger partial charge in [0.25, 0.3) is 5.91 Å². The number of ether oxygens (including phenoxy) is 1. The van der Waals surface area contributed by atoms with E-state index >= 15 is 0 Å². The summed E-state index contributed by atoms with van der Waals surface area (Å²) in [4.78, 5) is 18.0. The molecule has 0 fully saturated rings. The fourth-order valence-electron chi connectivity index (χ4n) is 1.97. The van der Waals surface area contributed by atoms with Crippen molar-refractivity contribution in [1.29, 1.82) is 0 Å². The van der Waals surface area contributed by atoms with Gasteiger partial charge in [0.2, 0.25) is 0 Å². The fourth-order valence-corrected chi connectivity index (χ4v) is 2.15. The Morgan fingerprint density at radius 2 is 2.19 bits per heavy atom. The highest BCUT2D eigenvalue weighted by Gasteiger charge is 2.17. The van der Waals surface area contributed by atoms with Crippen molar-refractivity contribution in [2.24, 2.45) is 0 Å². The van der Waals surface area contributed by atoms with Gasteiger partial charge in [-0.1, -0.05) is 11.6 Å². The van der Waals surface area contributed by atoms with Crippen LogP contribution in [0.1, 0.15) is 15.9 Å². The number of hydrogen-bond acceptors (Lipinski definition) is 4. The van der Waals surface area contributed by atoms with Gasteiger partial charge in [-0.3, -0.25) is 9.78 Å². The largest absolute Gasteiger partial charge is 0.494 e. The van der Waals surface area contributed by atoms with Crippen LogP contribution in [0.3, 0.4) is 0 Å².